The van der Waals surface area contributed by atoms with Crippen LogP contribution >= 0.6 is 0 Å². The second kappa shape index (κ2) is 11.0. The van der Waals surface area contributed by atoms with Crippen molar-refractivity contribution >= 4 is 21.6 Å². The molecule has 6 nitrogen and oxygen atoms in total. The maximum atomic E-state index is 13.0. The number of nitrogens with one attached hydrogen (secondary N) is 2. The van der Waals surface area contributed by atoms with E-state index in [9.17, 15) is 17.6 Å². The van der Waals surface area contributed by atoms with E-state index in [2.05, 4.69) is 22.2 Å². The van der Waals surface area contributed by atoms with Crippen LogP contribution in [0.3, 0.4) is 0 Å². The number of hydrogen-bond donors (Lipinski definition) is 2. The van der Waals surface area contributed by atoms with Crippen LogP contribution in [-0.4, -0.2) is 27.0 Å². The van der Waals surface area contributed by atoms with E-state index in [1.807, 2.05) is 25.1 Å². The van der Waals surface area contributed by atoms with E-state index < -0.39 is 15.8 Å². The highest BCUT2D eigenvalue weighted by atomic mass is 32.2. The fraction of sp³-hybridized carbons (Fsp3) is 0.240. The molecule has 0 unspecified atom stereocenters. The maximum absolute atomic E-state index is 13.0. The number of amides is 1. The van der Waals surface area contributed by atoms with Crippen LogP contribution in [0.4, 0.5) is 10.1 Å². The van der Waals surface area contributed by atoms with E-state index in [0.717, 1.165) is 12.8 Å². The molecule has 3 aromatic carbocycles. The maximum Gasteiger partial charge on any atom is 0.261 e. The lowest BCUT2D eigenvalue weighted by atomic mass is 10.1. The van der Waals surface area contributed by atoms with Crippen molar-refractivity contribution in [3.05, 3.63) is 89.7 Å². The minimum absolute atomic E-state index is 0.00698. The number of halogens is 1. The van der Waals surface area contributed by atoms with Gasteiger partial charge >= 0.3 is 0 Å². The third-order valence-electron chi connectivity index (χ3n) is 5.03. The third kappa shape index (κ3) is 7.32. The summed E-state index contributed by atoms with van der Waals surface area (Å²) in [6, 6.07) is 19.5. The predicted molar refractivity (Wildman–Crippen MR) is 126 cm³/mol. The Bertz CT molecular complexity index is 1180. The summed E-state index contributed by atoms with van der Waals surface area (Å²) in [7, 11) is -3.85. The SMILES string of the molecule is Cc1cc(S(=O)(=O)Nc2ccc(F)cc2)ccc1OCC(=O)N[C@@H](C)CCc1ccccc1. The van der Waals surface area contributed by atoms with Crippen molar-refractivity contribution in [3.8, 4) is 5.75 Å². The smallest absolute Gasteiger partial charge is 0.261 e. The highest BCUT2D eigenvalue weighted by Gasteiger charge is 2.16. The largest absolute Gasteiger partial charge is 0.484 e. The van der Waals surface area contributed by atoms with E-state index in [4.69, 9.17) is 4.74 Å². The van der Waals surface area contributed by atoms with Gasteiger partial charge in [0.2, 0.25) is 0 Å². The van der Waals surface area contributed by atoms with Crippen LogP contribution in [0, 0.1) is 12.7 Å². The Balaban J connectivity index is 1.52. The van der Waals surface area contributed by atoms with Crippen LogP contribution in [-0.2, 0) is 21.2 Å². The molecule has 1 amide bonds. The minimum atomic E-state index is -3.85. The molecule has 0 aliphatic heterocycles. The van der Waals surface area contributed by atoms with Gasteiger partial charge in [-0.3, -0.25) is 9.52 Å². The molecule has 0 saturated carbocycles. The molecular weight excluding hydrogens is 443 g/mol. The molecule has 0 fully saturated rings. The van der Waals surface area contributed by atoms with Gasteiger partial charge in [0.25, 0.3) is 15.9 Å². The third-order valence-corrected chi connectivity index (χ3v) is 6.41. The fourth-order valence-corrected chi connectivity index (χ4v) is 4.39. The molecule has 33 heavy (non-hydrogen) atoms. The first-order chi connectivity index (χ1) is 15.7. The van der Waals surface area contributed by atoms with Crippen molar-refractivity contribution in [2.75, 3.05) is 11.3 Å². The predicted octanol–water partition coefficient (Wildman–Crippen LogP) is 4.45. The number of rotatable bonds is 10. The Hall–Kier alpha value is -3.39. The lowest BCUT2D eigenvalue weighted by Crippen LogP contribution is -2.36. The second-order valence-corrected chi connectivity index (χ2v) is 9.50. The van der Waals surface area contributed by atoms with Crippen LogP contribution in [0.5, 0.6) is 5.75 Å². The molecule has 2 N–H and O–H groups in total. The van der Waals surface area contributed by atoms with Gasteiger partial charge in [-0.25, -0.2) is 12.8 Å². The van der Waals surface area contributed by atoms with Gasteiger partial charge in [-0.1, -0.05) is 30.3 Å². The molecular formula is C25H27FN2O4S. The Morgan fingerprint density at radius 1 is 1.03 bits per heavy atom. The quantitative estimate of drug-likeness (QED) is 0.459. The topological polar surface area (TPSA) is 84.5 Å². The molecule has 0 aliphatic carbocycles. The first-order valence-corrected chi connectivity index (χ1v) is 12.1. The standard InChI is InChI=1S/C25H27FN2O4S/c1-18-16-23(33(30,31)28-22-12-10-21(26)11-13-22)14-15-24(18)32-17-25(29)27-19(2)8-9-20-6-4-3-5-7-20/h3-7,10-16,19,28H,8-9,17H2,1-2H3,(H,27,29)/t19-/m0/s1. The molecule has 3 aromatic rings. The number of carbonyl (C=O) groups is 1. The molecule has 3 rings (SSSR count). The minimum Gasteiger partial charge on any atom is -0.484 e. The van der Waals surface area contributed by atoms with Crippen molar-refractivity contribution in [1.82, 2.24) is 5.32 Å². The second-order valence-electron chi connectivity index (χ2n) is 7.82. The van der Waals surface area contributed by atoms with Gasteiger partial charge in [0, 0.05) is 11.7 Å². The summed E-state index contributed by atoms with van der Waals surface area (Å²) in [5.74, 6) is -0.280. The monoisotopic (exact) mass is 470 g/mol. The molecule has 0 radical (unpaired) electrons. The summed E-state index contributed by atoms with van der Waals surface area (Å²) in [5, 5.41) is 2.91. The molecule has 0 aliphatic rings. The average Bonchev–Trinajstić information content (AvgIpc) is 2.79. The van der Waals surface area contributed by atoms with E-state index in [1.165, 1.54) is 48.0 Å². The first-order valence-electron chi connectivity index (χ1n) is 10.6. The fourth-order valence-electron chi connectivity index (χ4n) is 3.24. The Morgan fingerprint density at radius 2 is 1.73 bits per heavy atom. The van der Waals surface area contributed by atoms with Crippen molar-refractivity contribution < 1.29 is 22.3 Å². The van der Waals surface area contributed by atoms with E-state index in [-0.39, 0.29) is 29.1 Å². The van der Waals surface area contributed by atoms with Gasteiger partial charge in [0.1, 0.15) is 11.6 Å². The van der Waals surface area contributed by atoms with E-state index >= 15 is 0 Å². The van der Waals surface area contributed by atoms with Gasteiger partial charge in [-0.2, -0.15) is 0 Å². The first kappa shape index (κ1) is 24.3. The summed E-state index contributed by atoms with van der Waals surface area (Å²) in [6.45, 7) is 3.48. The molecule has 1 atom stereocenters. The van der Waals surface area contributed by atoms with Gasteiger partial charge in [-0.15, -0.1) is 0 Å². The van der Waals surface area contributed by atoms with E-state index in [1.54, 1.807) is 6.92 Å². The zero-order valence-corrected chi connectivity index (χ0v) is 19.4. The highest BCUT2D eigenvalue weighted by Crippen LogP contribution is 2.23. The summed E-state index contributed by atoms with van der Waals surface area (Å²) in [5.41, 5.74) is 2.05. The van der Waals surface area contributed by atoms with Crippen molar-refractivity contribution in [1.29, 1.82) is 0 Å². The van der Waals surface area contributed by atoms with Crippen LogP contribution in [0.15, 0.2) is 77.7 Å². The molecule has 8 heteroatoms. The molecule has 0 heterocycles. The zero-order chi connectivity index (χ0) is 23.8. The van der Waals surface area contributed by atoms with Gasteiger partial charge in [0.05, 0.1) is 4.90 Å². The van der Waals surface area contributed by atoms with Crippen molar-refractivity contribution in [3.63, 3.8) is 0 Å². The van der Waals surface area contributed by atoms with Crippen LogP contribution in [0.1, 0.15) is 24.5 Å². The number of aryl methyl sites for hydroxylation is 2. The Labute approximate surface area is 193 Å². The van der Waals surface area contributed by atoms with E-state index in [0.29, 0.717) is 11.3 Å². The molecule has 174 valence electrons. The molecule has 0 spiro atoms. The Morgan fingerprint density at radius 3 is 2.39 bits per heavy atom. The lowest BCUT2D eigenvalue weighted by Gasteiger charge is -2.15. The number of benzene rings is 3. The molecule has 0 saturated heterocycles. The van der Waals surface area contributed by atoms with Crippen LogP contribution in [0.2, 0.25) is 0 Å². The van der Waals surface area contributed by atoms with Crippen molar-refractivity contribution in [2.24, 2.45) is 0 Å². The van der Waals surface area contributed by atoms with Gasteiger partial charge in [-0.05, 0) is 80.3 Å². The van der Waals surface area contributed by atoms with Gasteiger partial charge < -0.3 is 10.1 Å². The molecule has 0 bridgehead atoms. The average molecular weight is 471 g/mol. The number of anilines is 1. The highest BCUT2D eigenvalue weighted by molar-refractivity contribution is 7.92. The molecule has 0 aromatic heterocycles. The number of carbonyl (C=O) groups excluding carboxylic acids is 1. The number of hydrogen-bond acceptors (Lipinski definition) is 4. The lowest BCUT2D eigenvalue weighted by molar-refractivity contribution is -0.123. The van der Waals surface area contributed by atoms with Crippen LogP contribution in [0.25, 0.3) is 0 Å². The normalized spacial score (nSPS) is 12.1. The van der Waals surface area contributed by atoms with Crippen LogP contribution < -0.4 is 14.8 Å². The Kier molecular flexibility index (Phi) is 8.06. The summed E-state index contributed by atoms with van der Waals surface area (Å²) in [6.07, 6.45) is 1.67. The summed E-state index contributed by atoms with van der Waals surface area (Å²) < 4.78 is 46.2. The zero-order valence-electron chi connectivity index (χ0n) is 18.5. The number of ether oxygens (including phenoxy) is 1. The number of sulfonamides is 1. The summed E-state index contributed by atoms with van der Waals surface area (Å²) >= 11 is 0. The van der Waals surface area contributed by atoms with Gasteiger partial charge in [0.15, 0.2) is 6.61 Å². The summed E-state index contributed by atoms with van der Waals surface area (Å²) in [4.78, 5) is 12.3. The van der Waals surface area contributed by atoms with Crippen molar-refractivity contribution in [2.45, 2.75) is 37.6 Å².